The van der Waals surface area contributed by atoms with Crippen LogP contribution in [0.5, 0.6) is 0 Å². The first kappa shape index (κ1) is 18.7. The fraction of sp³-hybridized carbons (Fsp3) is 0.333. The Morgan fingerprint density at radius 2 is 1.56 bits per heavy atom. The maximum Gasteiger partial charge on any atom is 0.226 e. The van der Waals surface area contributed by atoms with E-state index in [1.807, 2.05) is 58.0 Å². The predicted molar refractivity (Wildman–Crippen MR) is 103 cm³/mol. The number of carbonyl (C=O) groups is 2. The molecule has 0 aromatic heterocycles. The number of anilines is 2. The third kappa shape index (κ3) is 5.18. The molecular weight excluding hydrogens is 312 g/mol. The summed E-state index contributed by atoms with van der Waals surface area (Å²) >= 11 is 0. The summed E-state index contributed by atoms with van der Waals surface area (Å²) in [5, 5.41) is 2.94. The van der Waals surface area contributed by atoms with E-state index in [0.29, 0.717) is 6.54 Å². The molecule has 0 aliphatic rings. The van der Waals surface area contributed by atoms with Crippen LogP contribution in [0.3, 0.4) is 0 Å². The van der Waals surface area contributed by atoms with Crippen LogP contribution in [0.2, 0.25) is 0 Å². The number of rotatable bonds is 5. The number of aryl methyl sites for hydroxylation is 4. The Morgan fingerprint density at radius 1 is 0.920 bits per heavy atom. The molecule has 0 saturated heterocycles. The Labute approximate surface area is 149 Å². The van der Waals surface area contributed by atoms with Gasteiger partial charge in [-0.05, 0) is 68.1 Å². The van der Waals surface area contributed by atoms with Crippen molar-refractivity contribution in [1.82, 2.24) is 0 Å². The van der Waals surface area contributed by atoms with Gasteiger partial charge < -0.3 is 10.2 Å². The van der Waals surface area contributed by atoms with Gasteiger partial charge in [-0.1, -0.05) is 18.2 Å². The van der Waals surface area contributed by atoms with Crippen molar-refractivity contribution in [3.8, 4) is 0 Å². The second-order valence-corrected chi connectivity index (χ2v) is 6.63. The zero-order chi connectivity index (χ0) is 18.6. The molecule has 0 atom stereocenters. The molecule has 0 bridgehead atoms. The van der Waals surface area contributed by atoms with Gasteiger partial charge in [0.1, 0.15) is 0 Å². The minimum atomic E-state index is -0.0932. The van der Waals surface area contributed by atoms with Crippen molar-refractivity contribution in [3.05, 3.63) is 58.7 Å². The molecule has 0 unspecified atom stereocenters. The Kier molecular flexibility index (Phi) is 5.97. The van der Waals surface area contributed by atoms with E-state index in [9.17, 15) is 9.59 Å². The van der Waals surface area contributed by atoms with Crippen LogP contribution in [-0.4, -0.2) is 18.4 Å². The van der Waals surface area contributed by atoms with Crippen LogP contribution in [0.4, 0.5) is 11.4 Å². The molecule has 2 aromatic rings. The average molecular weight is 338 g/mol. The quantitative estimate of drug-likeness (QED) is 0.883. The average Bonchev–Trinajstić information content (AvgIpc) is 2.50. The van der Waals surface area contributed by atoms with Crippen LogP contribution in [0.15, 0.2) is 36.4 Å². The van der Waals surface area contributed by atoms with Gasteiger partial charge in [-0.3, -0.25) is 9.59 Å². The summed E-state index contributed by atoms with van der Waals surface area (Å²) < 4.78 is 0. The monoisotopic (exact) mass is 338 g/mol. The Balaban J connectivity index is 2.07. The highest BCUT2D eigenvalue weighted by molar-refractivity contribution is 5.95. The van der Waals surface area contributed by atoms with E-state index in [1.165, 1.54) is 6.92 Å². The van der Waals surface area contributed by atoms with Gasteiger partial charge >= 0.3 is 0 Å². The molecule has 0 spiro atoms. The number of hydrogen-bond donors (Lipinski definition) is 1. The highest BCUT2D eigenvalue weighted by atomic mass is 16.2. The zero-order valence-corrected chi connectivity index (χ0v) is 15.6. The van der Waals surface area contributed by atoms with Crippen molar-refractivity contribution in [3.63, 3.8) is 0 Å². The maximum absolute atomic E-state index is 12.3. The smallest absolute Gasteiger partial charge is 0.226 e. The summed E-state index contributed by atoms with van der Waals surface area (Å²) in [6.45, 7) is 9.85. The largest absolute Gasteiger partial charge is 0.326 e. The van der Waals surface area contributed by atoms with Crippen LogP contribution in [0.1, 0.15) is 35.6 Å². The Bertz CT molecular complexity index is 776. The number of nitrogens with one attached hydrogen (secondary N) is 1. The lowest BCUT2D eigenvalue weighted by molar-refractivity contribution is -0.117. The Hall–Kier alpha value is -2.62. The lowest BCUT2D eigenvalue weighted by Gasteiger charge is -2.22. The van der Waals surface area contributed by atoms with Gasteiger partial charge in [0.05, 0.1) is 0 Å². The van der Waals surface area contributed by atoms with Crippen molar-refractivity contribution in [2.24, 2.45) is 0 Å². The molecule has 0 saturated carbocycles. The van der Waals surface area contributed by atoms with E-state index in [0.717, 1.165) is 33.6 Å². The molecule has 1 N–H and O–H groups in total. The highest BCUT2D eigenvalue weighted by Gasteiger charge is 2.14. The normalized spacial score (nSPS) is 10.4. The summed E-state index contributed by atoms with van der Waals surface area (Å²) in [6, 6.07) is 12.0. The Morgan fingerprint density at radius 3 is 2.16 bits per heavy atom. The molecule has 0 fully saturated rings. The fourth-order valence-electron chi connectivity index (χ4n) is 2.87. The van der Waals surface area contributed by atoms with Crippen LogP contribution >= 0.6 is 0 Å². The number of nitrogens with zero attached hydrogens (tertiary/aromatic N) is 1. The van der Waals surface area contributed by atoms with Gasteiger partial charge in [-0.25, -0.2) is 0 Å². The standard InChI is InChI=1S/C21H26N2O2/c1-14-6-7-17(4)20(13-14)22-21(25)8-9-23(18(5)24)19-11-15(2)10-16(3)12-19/h6-7,10-13H,8-9H2,1-5H3,(H,22,25). The number of benzene rings is 2. The molecule has 2 aromatic carbocycles. The van der Waals surface area contributed by atoms with E-state index in [-0.39, 0.29) is 18.2 Å². The lowest BCUT2D eigenvalue weighted by atomic mass is 10.1. The number of amides is 2. The summed E-state index contributed by atoms with van der Waals surface area (Å²) in [5.74, 6) is -0.158. The second-order valence-electron chi connectivity index (χ2n) is 6.63. The summed E-state index contributed by atoms with van der Waals surface area (Å²) in [4.78, 5) is 26.0. The van der Waals surface area contributed by atoms with E-state index in [2.05, 4.69) is 11.4 Å². The zero-order valence-electron chi connectivity index (χ0n) is 15.6. The molecule has 132 valence electrons. The van der Waals surface area contributed by atoms with Gasteiger partial charge in [0.25, 0.3) is 0 Å². The summed E-state index contributed by atoms with van der Waals surface area (Å²) in [7, 11) is 0. The van der Waals surface area contributed by atoms with Crippen molar-refractivity contribution in [1.29, 1.82) is 0 Å². The molecule has 4 nitrogen and oxygen atoms in total. The van der Waals surface area contributed by atoms with E-state index >= 15 is 0 Å². The van der Waals surface area contributed by atoms with Crippen LogP contribution in [0.25, 0.3) is 0 Å². The molecule has 2 amide bonds. The SMILES string of the molecule is CC(=O)N(CCC(=O)Nc1cc(C)ccc1C)c1cc(C)cc(C)c1. The van der Waals surface area contributed by atoms with Crippen LogP contribution < -0.4 is 10.2 Å². The first-order chi connectivity index (χ1) is 11.8. The minimum Gasteiger partial charge on any atom is -0.326 e. The molecule has 0 radical (unpaired) electrons. The first-order valence-electron chi connectivity index (χ1n) is 8.50. The summed E-state index contributed by atoms with van der Waals surface area (Å²) in [6.07, 6.45) is 0.250. The van der Waals surface area contributed by atoms with E-state index in [1.54, 1.807) is 4.90 Å². The summed E-state index contributed by atoms with van der Waals surface area (Å²) in [5.41, 5.74) is 5.98. The molecule has 2 rings (SSSR count). The number of hydrogen-bond acceptors (Lipinski definition) is 2. The third-order valence-corrected chi connectivity index (χ3v) is 4.13. The predicted octanol–water partition coefficient (Wildman–Crippen LogP) is 4.30. The van der Waals surface area contributed by atoms with Crippen LogP contribution in [-0.2, 0) is 9.59 Å². The van der Waals surface area contributed by atoms with Gasteiger partial charge in [0.2, 0.25) is 11.8 Å². The molecular formula is C21H26N2O2. The molecule has 4 heteroatoms. The highest BCUT2D eigenvalue weighted by Crippen LogP contribution is 2.20. The molecule has 0 aliphatic heterocycles. The number of carbonyl (C=O) groups excluding carboxylic acids is 2. The first-order valence-corrected chi connectivity index (χ1v) is 8.50. The van der Waals surface area contributed by atoms with Crippen molar-refractivity contribution < 1.29 is 9.59 Å². The fourth-order valence-corrected chi connectivity index (χ4v) is 2.87. The van der Waals surface area contributed by atoms with Gasteiger partial charge in [0, 0.05) is 31.3 Å². The molecule has 0 aliphatic carbocycles. The van der Waals surface area contributed by atoms with Gasteiger partial charge in [-0.15, -0.1) is 0 Å². The topological polar surface area (TPSA) is 49.4 Å². The van der Waals surface area contributed by atoms with Crippen molar-refractivity contribution in [2.75, 3.05) is 16.8 Å². The lowest BCUT2D eigenvalue weighted by Crippen LogP contribution is -2.32. The van der Waals surface area contributed by atoms with Gasteiger partial charge in [0.15, 0.2) is 0 Å². The maximum atomic E-state index is 12.3. The van der Waals surface area contributed by atoms with Crippen LogP contribution in [0, 0.1) is 27.7 Å². The second kappa shape index (κ2) is 7.97. The van der Waals surface area contributed by atoms with E-state index < -0.39 is 0 Å². The molecule has 25 heavy (non-hydrogen) atoms. The van der Waals surface area contributed by atoms with E-state index in [4.69, 9.17) is 0 Å². The van der Waals surface area contributed by atoms with Crippen molar-refractivity contribution >= 4 is 23.2 Å². The molecule has 0 heterocycles. The van der Waals surface area contributed by atoms with Gasteiger partial charge in [-0.2, -0.15) is 0 Å². The third-order valence-electron chi connectivity index (χ3n) is 4.13. The van der Waals surface area contributed by atoms with Crippen molar-refractivity contribution in [2.45, 2.75) is 41.0 Å². The minimum absolute atomic E-state index is 0.0652.